The molecule has 0 unspecified atom stereocenters. The Balaban J connectivity index is 1.86. The first kappa shape index (κ1) is 19.4. The Labute approximate surface area is 167 Å². The van der Waals surface area contributed by atoms with E-state index in [-0.39, 0.29) is 11.8 Å². The number of halogens is 2. The van der Waals surface area contributed by atoms with Crippen molar-refractivity contribution in [3.63, 3.8) is 0 Å². The maximum Gasteiger partial charge on any atom is 0.253 e. The van der Waals surface area contributed by atoms with Crippen LogP contribution in [0.25, 0.3) is 11.4 Å². The molecule has 7 heteroatoms. The Morgan fingerprint density at radius 1 is 1.15 bits per heavy atom. The second kappa shape index (κ2) is 8.55. The summed E-state index contributed by atoms with van der Waals surface area (Å²) in [5.74, 6) is 0.615. The quantitative estimate of drug-likeness (QED) is 0.584. The first-order valence-electron chi connectivity index (χ1n) is 8.64. The molecule has 0 spiro atoms. The average Bonchev–Trinajstić information content (AvgIpc) is 3.16. The van der Waals surface area contributed by atoms with Gasteiger partial charge in [0.1, 0.15) is 6.04 Å². The van der Waals surface area contributed by atoms with Gasteiger partial charge in [0, 0.05) is 10.6 Å². The number of hydrogen-bond acceptors (Lipinski definition) is 4. The molecule has 1 aromatic heterocycles. The van der Waals surface area contributed by atoms with E-state index >= 15 is 0 Å². The molecule has 3 rings (SSSR count). The van der Waals surface area contributed by atoms with Crippen LogP contribution in [-0.4, -0.2) is 16.0 Å². The third-order valence-electron chi connectivity index (χ3n) is 4.43. The van der Waals surface area contributed by atoms with Gasteiger partial charge in [-0.25, -0.2) is 0 Å². The summed E-state index contributed by atoms with van der Waals surface area (Å²) in [5.41, 5.74) is 1.19. The highest BCUT2D eigenvalue weighted by atomic mass is 35.5. The van der Waals surface area contributed by atoms with Crippen molar-refractivity contribution in [3.05, 3.63) is 70.0 Å². The summed E-state index contributed by atoms with van der Waals surface area (Å²) < 4.78 is 5.46. The molecule has 0 aliphatic heterocycles. The number of rotatable bonds is 6. The van der Waals surface area contributed by atoms with E-state index in [1.54, 1.807) is 36.4 Å². The molecule has 5 nitrogen and oxygen atoms in total. The molecule has 140 valence electrons. The molecule has 0 saturated carbocycles. The predicted octanol–water partition coefficient (Wildman–Crippen LogP) is 5.56. The Kier molecular flexibility index (Phi) is 6.14. The van der Waals surface area contributed by atoms with Gasteiger partial charge in [-0.3, -0.25) is 4.79 Å². The van der Waals surface area contributed by atoms with Gasteiger partial charge in [-0.05, 0) is 42.3 Å². The minimum Gasteiger partial charge on any atom is -0.340 e. The van der Waals surface area contributed by atoms with Crippen molar-refractivity contribution in [2.75, 3.05) is 0 Å². The Bertz CT molecular complexity index is 925. The van der Waals surface area contributed by atoms with Crippen molar-refractivity contribution in [2.24, 2.45) is 5.92 Å². The van der Waals surface area contributed by atoms with Crippen LogP contribution in [0.2, 0.25) is 10.0 Å². The second-order valence-electron chi connectivity index (χ2n) is 6.28. The number of carbonyl (C=O) groups is 1. The maximum absolute atomic E-state index is 12.7. The van der Waals surface area contributed by atoms with Crippen molar-refractivity contribution in [1.82, 2.24) is 15.5 Å². The number of benzene rings is 2. The molecule has 0 radical (unpaired) electrons. The standard InChI is InChI=1S/C20H19Cl2N3O2/c1-3-12(2)17(23-19(26)15-6-4-5-7-16(15)22)20-24-18(25-27-20)13-8-10-14(21)11-9-13/h4-12,17H,3H2,1-2H3,(H,23,26)/t12-,17-/m0/s1. The molecule has 3 aromatic rings. The molecule has 0 saturated heterocycles. The third kappa shape index (κ3) is 4.49. The lowest BCUT2D eigenvalue weighted by Crippen LogP contribution is -2.33. The summed E-state index contributed by atoms with van der Waals surface area (Å²) >= 11 is 12.1. The van der Waals surface area contributed by atoms with Gasteiger partial charge in [-0.1, -0.05) is 60.8 Å². The topological polar surface area (TPSA) is 68.0 Å². The zero-order valence-corrected chi connectivity index (χ0v) is 16.5. The van der Waals surface area contributed by atoms with Gasteiger partial charge < -0.3 is 9.84 Å². The van der Waals surface area contributed by atoms with Gasteiger partial charge in [0.05, 0.1) is 10.6 Å². The summed E-state index contributed by atoms with van der Waals surface area (Å²) in [7, 11) is 0. The molecule has 2 atom stereocenters. The van der Waals surface area contributed by atoms with E-state index in [1.165, 1.54) is 0 Å². The highest BCUT2D eigenvalue weighted by Crippen LogP contribution is 2.27. The lowest BCUT2D eigenvalue weighted by atomic mass is 9.98. The zero-order valence-electron chi connectivity index (χ0n) is 14.9. The van der Waals surface area contributed by atoms with Crippen molar-refractivity contribution in [1.29, 1.82) is 0 Å². The molecule has 1 N–H and O–H groups in total. The Morgan fingerprint density at radius 3 is 2.52 bits per heavy atom. The number of nitrogens with one attached hydrogen (secondary N) is 1. The monoisotopic (exact) mass is 403 g/mol. The summed E-state index contributed by atoms with van der Waals surface area (Å²) in [4.78, 5) is 17.2. The van der Waals surface area contributed by atoms with Crippen molar-refractivity contribution in [2.45, 2.75) is 26.3 Å². The molecule has 27 heavy (non-hydrogen) atoms. The number of hydrogen-bond donors (Lipinski definition) is 1. The highest BCUT2D eigenvalue weighted by Gasteiger charge is 2.27. The summed E-state index contributed by atoms with van der Waals surface area (Å²) in [5, 5.41) is 8.04. The number of nitrogens with zero attached hydrogens (tertiary/aromatic N) is 2. The van der Waals surface area contributed by atoms with Gasteiger partial charge in [0.15, 0.2) is 0 Å². The fourth-order valence-electron chi connectivity index (χ4n) is 2.63. The van der Waals surface area contributed by atoms with Crippen molar-refractivity contribution < 1.29 is 9.32 Å². The molecule has 2 aromatic carbocycles. The molecule has 1 amide bonds. The van der Waals surface area contributed by atoms with E-state index in [9.17, 15) is 4.79 Å². The van der Waals surface area contributed by atoms with E-state index in [0.29, 0.717) is 27.3 Å². The number of amides is 1. The second-order valence-corrected chi connectivity index (χ2v) is 7.12. The molecule has 0 aliphatic carbocycles. The van der Waals surface area contributed by atoms with E-state index in [2.05, 4.69) is 15.5 Å². The van der Waals surface area contributed by atoms with Gasteiger partial charge in [0.2, 0.25) is 11.7 Å². The lowest BCUT2D eigenvalue weighted by Gasteiger charge is -2.21. The smallest absolute Gasteiger partial charge is 0.253 e. The summed E-state index contributed by atoms with van der Waals surface area (Å²) in [6.07, 6.45) is 0.826. The zero-order chi connectivity index (χ0) is 19.4. The minimum atomic E-state index is -0.424. The van der Waals surface area contributed by atoms with Gasteiger partial charge in [0.25, 0.3) is 5.91 Å². The van der Waals surface area contributed by atoms with Crippen LogP contribution in [0.3, 0.4) is 0 Å². The number of carbonyl (C=O) groups excluding carboxylic acids is 1. The van der Waals surface area contributed by atoms with Crippen LogP contribution in [0.1, 0.15) is 42.6 Å². The highest BCUT2D eigenvalue weighted by molar-refractivity contribution is 6.33. The van der Waals surface area contributed by atoms with Crippen LogP contribution < -0.4 is 5.32 Å². The van der Waals surface area contributed by atoms with Crippen LogP contribution in [0, 0.1) is 5.92 Å². The minimum absolute atomic E-state index is 0.0926. The van der Waals surface area contributed by atoms with Crippen molar-refractivity contribution in [3.8, 4) is 11.4 Å². The van der Waals surface area contributed by atoms with Crippen molar-refractivity contribution >= 4 is 29.1 Å². The Morgan fingerprint density at radius 2 is 1.85 bits per heavy atom. The van der Waals surface area contributed by atoms with E-state index in [1.807, 2.05) is 26.0 Å². The van der Waals surface area contributed by atoms with Crippen LogP contribution >= 0.6 is 23.2 Å². The third-order valence-corrected chi connectivity index (χ3v) is 5.01. The van der Waals surface area contributed by atoms with Crippen LogP contribution in [-0.2, 0) is 0 Å². The summed E-state index contributed by atoms with van der Waals surface area (Å²) in [6.45, 7) is 4.06. The molecular weight excluding hydrogens is 385 g/mol. The summed E-state index contributed by atoms with van der Waals surface area (Å²) in [6, 6.07) is 13.6. The SMILES string of the molecule is CC[C@H](C)[C@H](NC(=O)c1ccccc1Cl)c1nc(-c2ccc(Cl)cc2)no1. The fraction of sp³-hybridized carbons (Fsp3) is 0.250. The maximum atomic E-state index is 12.7. The molecule has 0 aliphatic rings. The lowest BCUT2D eigenvalue weighted by molar-refractivity contribution is 0.0910. The van der Waals surface area contributed by atoms with Gasteiger partial charge in [-0.15, -0.1) is 0 Å². The Hall–Kier alpha value is -2.37. The van der Waals surface area contributed by atoms with E-state index in [4.69, 9.17) is 27.7 Å². The predicted molar refractivity (Wildman–Crippen MR) is 106 cm³/mol. The van der Waals surface area contributed by atoms with Gasteiger partial charge >= 0.3 is 0 Å². The van der Waals surface area contributed by atoms with Crippen LogP contribution in [0.15, 0.2) is 53.1 Å². The first-order chi connectivity index (χ1) is 13.0. The normalized spacial score (nSPS) is 13.2. The van der Waals surface area contributed by atoms with E-state index < -0.39 is 6.04 Å². The number of aromatic nitrogens is 2. The molecule has 0 fully saturated rings. The van der Waals surface area contributed by atoms with Crippen LogP contribution in [0.4, 0.5) is 0 Å². The molecular formula is C20H19Cl2N3O2. The average molecular weight is 404 g/mol. The van der Waals surface area contributed by atoms with Gasteiger partial charge in [-0.2, -0.15) is 4.98 Å². The first-order valence-corrected chi connectivity index (χ1v) is 9.40. The van der Waals surface area contributed by atoms with E-state index in [0.717, 1.165) is 12.0 Å². The molecule has 1 heterocycles. The fourth-order valence-corrected chi connectivity index (χ4v) is 2.97. The largest absolute Gasteiger partial charge is 0.340 e. The van der Waals surface area contributed by atoms with Crippen LogP contribution in [0.5, 0.6) is 0 Å². The molecule has 0 bridgehead atoms.